The number of nitrogens with one attached hydrogen (secondary N) is 1. The fraction of sp³-hybridized carbons (Fsp3) is 0.467. The predicted molar refractivity (Wildman–Crippen MR) is 82.6 cm³/mol. The summed E-state index contributed by atoms with van der Waals surface area (Å²) >= 11 is 5.91. The predicted octanol–water partition coefficient (Wildman–Crippen LogP) is 2.35. The highest BCUT2D eigenvalue weighted by atomic mass is 35.5. The van der Waals surface area contributed by atoms with Crippen LogP contribution in [0.5, 0.6) is 5.75 Å². The quantitative estimate of drug-likeness (QED) is 0.679. The van der Waals surface area contributed by atoms with Crippen molar-refractivity contribution in [1.29, 1.82) is 0 Å². The molecule has 2 N–H and O–H groups in total. The molecular weight excluding hydrogens is 310 g/mol. The van der Waals surface area contributed by atoms with Crippen molar-refractivity contribution < 1.29 is 24.2 Å². The number of methoxy groups -OCH3 is 1. The van der Waals surface area contributed by atoms with Crippen LogP contribution in [0.1, 0.15) is 30.1 Å². The molecule has 1 atom stereocenters. The third-order valence-electron chi connectivity index (χ3n) is 2.91. The van der Waals surface area contributed by atoms with Crippen molar-refractivity contribution in [3.8, 4) is 5.75 Å². The number of amides is 1. The maximum atomic E-state index is 12.3. The number of hydrogen-bond donors (Lipinski definition) is 2. The van der Waals surface area contributed by atoms with E-state index in [0.29, 0.717) is 30.2 Å². The molecule has 0 bridgehead atoms. The van der Waals surface area contributed by atoms with Crippen LogP contribution in [0.3, 0.4) is 0 Å². The summed E-state index contributed by atoms with van der Waals surface area (Å²) in [4.78, 5) is 23.4. The second-order valence-corrected chi connectivity index (χ2v) is 5.07. The third kappa shape index (κ3) is 5.54. The van der Waals surface area contributed by atoms with Crippen LogP contribution in [0.4, 0.5) is 0 Å². The van der Waals surface area contributed by atoms with Gasteiger partial charge in [0, 0.05) is 12.1 Å². The minimum absolute atomic E-state index is 0.200. The van der Waals surface area contributed by atoms with Gasteiger partial charge in [0.1, 0.15) is 18.4 Å². The second-order valence-electron chi connectivity index (χ2n) is 4.63. The summed E-state index contributed by atoms with van der Waals surface area (Å²) in [7, 11) is 1.54. The van der Waals surface area contributed by atoms with Gasteiger partial charge in [-0.1, -0.05) is 24.9 Å². The van der Waals surface area contributed by atoms with Crippen LogP contribution in [-0.2, 0) is 9.53 Å². The van der Waals surface area contributed by atoms with Crippen LogP contribution in [0, 0.1) is 0 Å². The summed E-state index contributed by atoms with van der Waals surface area (Å²) in [5.74, 6) is -1.27. The van der Waals surface area contributed by atoms with Gasteiger partial charge in [0.05, 0.1) is 12.2 Å². The van der Waals surface area contributed by atoms with Gasteiger partial charge in [-0.15, -0.1) is 0 Å². The van der Waals surface area contributed by atoms with Gasteiger partial charge in [-0.05, 0) is 24.6 Å². The van der Waals surface area contributed by atoms with Crippen LogP contribution in [0.25, 0.3) is 0 Å². The number of hydrogen-bond acceptors (Lipinski definition) is 4. The number of carboxylic acid groups (broad SMARTS) is 1. The average molecular weight is 330 g/mol. The maximum Gasteiger partial charge on any atom is 0.326 e. The van der Waals surface area contributed by atoms with E-state index in [9.17, 15) is 9.59 Å². The number of halogens is 1. The SMILES string of the molecule is CCCC(NC(=O)c1cc(Cl)ccc1OCCOC)C(=O)O. The van der Waals surface area contributed by atoms with Crippen LogP contribution in [0.15, 0.2) is 18.2 Å². The zero-order valence-corrected chi connectivity index (χ0v) is 13.4. The first-order valence-corrected chi connectivity index (χ1v) is 7.32. The van der Waals surface area contributed by atoms with E-state index in [-0.39, 0.29) is 12.2 Å². The molecule has 0 aliphatic carbocycles. The minimum atomic E-state index is -1.07. The molecule has 0 aromatic heterocycles. The Labute approximate surface area is 134 Å². The van der Waals surface area contributed by atoms with Crippen molar-refractivity contribution in [2.24, 2.45) is 0 Å². The van der Waals surface area contributed by atoms with Crippen molar-refractivity contribution in [3.05, 3.63) is 28.8 Å². The Morgan fingerprint density at radius 3 is 2.68 bits per heavy atom. The number of benzene rings is 1. The topological polar surface area (TPSA) is 84.9 Å². The fourth-order valence-corrected chi connectivity index (χ4v) is 1.99. The Hall–Kier alpha value is -1.79. The first-order valence-electron chi connectivity index (χ1n) is 6.94. The van der Waals surface area contributed by atoms with Crippen molar-refractivity contribution in [3.63, 3.8) is 0 Å². The summed E-state index contributed by atoms with van der Waals surface area (Å²) in [6.45, 7) is 2.49. The van der Waals surface area contributed by atoms with Gasteiger partial charge in [-0.25, -0.2) is 4.79 Å². The number of ether oxygens (including phenoxy) is 2. The molecule has 1 unspecified atom stereocenters. The van der Waals surface area contributed by atoms with E-state index < -0.39 is 17.9 Å². The highest BCUT2D eigenvalue weighted by Crippen LogP contribution is 2.23. The Bertz CT molecular complexity index is 521. The number of carbonyl (C=O) groups is 2. The lowest BCUT2D eigenvalue weighted by Gasteiger charge is -2.16. The zero-order valence-electron chi connectivity index (χ0n) is 12.6. The molecule has 1 aromatic carbocycles. The molecule has 0 radical (unpaired) electrons. The number of rotatable bonds is 9. The van der Waals surface area contributed by atoms with Crippen molar-refractivity contribution in [2.75, 3.05) is 20.3 Å². The van der Waals surface area contributed by atoms with Gasteiger partial charge in [0.25, 0.3) is 5.91 Å². The largest absolute Gasteiger partial charge is 0.490 e. The fourth-order valence-electron chi connectivity index (χ4n) is 1.82. The standard InChI is InChI=1S/C15H20ClNO5/c1-3-4-12(15(19)20)17-14(18)11-9-10(16)5-6-13(11)22-8-7-21-2/h5-6,9,12H,3-4,7-8H2,1-2H3,(H,17,18)(H,19,20). The van der Waals surface area contributed by atoms with Crippen LogP contribution in [-0.4, -0.2) is 43.3 Å². The molecule has 0 fully saturated rings. The van der Waals surface area contributed by atoms with Crippen LogP contribution >= 0.6 is 11.6 Å². The molecule has 0 aliphatic heterocycles. The lowest BCUT2D eigenvalue weighted by atomic mass is 10.1. The highest BCUT2D eigenvalue weighted by Gasteiger charge is 2.22. The molecule has 0 heterocycles. The van der Waals surface area contributed by atoms with Gasteiger partial charge in [-0.2, -0.15) is 0 Å². The van der Waals surface area contributed by atoms with E-state index in [1.165, 1.54) is 6.07 Å². The van der Waals surface area contributed by atoms with Crippen molar-refractivity contribution >= 4 is 23.5 Å². The van der Waals surface area contributed by atoms with E-state index in [0.717, 1.165) is 0 Å². The summed E-state index contributed by atoms with van der Waals surface area (Å²) in [6, 6.07) is 3.68. The number of carbonyl (C=O) groups excluding carboxylic acids is 1. The van der Waals surface area contributed by atoms with Gasteiger partial charge in [0.2, 0.25) is 0 Å². The Kier molecular flexibility index (Phi) is 7.70. The maximum absolute atomic E-state index is 12.3. The molecule has 1 aromatic rings. The van der Waals surface area contributed by atoms with E-state index in [1.807, 2.05) is 6.92 Å². The van der Waals surface area contributed by atoms with Gasteiger partial charge in [-0.3, -0.25) is 4.79 Å². The highest BCUT2D eigenvalue weighted by molar-refractivity contribution is 6.31. The second kappa shape index (κ2) is 9.27. The zero-order chi connectivity index (χ0) is 16.5. The first-order chi connectivity index (χ1) is 10.5. The Morgan fingerprint density at radius 2 is 2.09 bits per heavy atom. The van der Waals surface area contributed by atoms with E-state index >= 15 is 0 Å². The average Bonchev–Trinajstić information content (AvgIpc) is 2.48. The number of aliphatic carboxylic acids is 1. The minimum Gasteiger partial charge on any atom is -0.490 e. The lowest BCUT2D eigenvalue weighted by molar-refractivity contribution is -0.139. The Morgan fingerprint density at radius 1 is 1.36 bits per heavy atom. The van der Waals surface area contributed by atoms with Gasteiger partial charge in [0.15, 0.2) is 0 Å². The molecule has 7 heteroatoms. The molecule has 0 spiro atoms. The smallest absolute Gasteiger partial charge is 0.326 e. The van der Waals surface area contributed by atoms with Crippen molar-refractivity contribution in [1.82, 2.24) is 5.32 Å². The lowest BCUT2D eigenvalue weighted by Crippen LogP contribution is -2.40. The van der Waals surface area contributed by atoms with Gasteiger partial charge < -0.3 is 19.9 Å². The summed E-state index contributed by atoms with van der Waals surface area (Å²) in [6.07, 6.45) is 0.992. The molecule has 122 valence electrons. The van der Waals surface area contributed by atoms with E-state index in [2.05, 4.69) is 5.32 Å². The van der Waals surface area contributed by atoms with Crippen LogP contribution in [0.2, 0.25) is 5.02 Å². The molecule has 6 nitrogen and oxygen atoms in total. The molecular formula is C15H20ClNO5. The van der Waals surface area contributed by atoms with E-state index in [1.54, 1.807) is 19.2 Å². The molecule has 1 rings (SSSR count). The normalized spacial score (nSPS) is 11.8. The monoisotopic (exact) mass is 329 g/mol. The molecule has 22 heavy (non-hydrogen) atoms. The Balaban J connectivity index is 2.90. The molecule has 0 saturated carbocycles. The molecule has 0 aliphatic rings. The van der Waals surface area contributed by atoms with Crippen LogP contribution < -0.4 is 10.1 Å². The molecule has 1 amide bonds. The van der Waals surface area contributed by atoms with E-state index in [4.69, 9.17) is 26.2 Å². The summed E-state index contributed by atoms with van der Waals surface area (Å²) < 4.78 is 10.4. The summed E-state index contributed by atoms with van der Waals surface area (Å²) in [5.41, 5.74) is 0.200. The molecule has 0 saturated heterocycles. The first kappa shape index (κ1) is 18.3. The third-order valence-corrected chi connectivity index (χ3v) is 3.15. The van der Waals surface area contributed by atoms with Gasteiger partial charge >= 0.3 is 5.97 Å². The number of carboxylic acids is 1. The van der Waals surface area contributed by atoms with Crippen molar-refractivity contribution in [2.45, 2.75) is 25.8 Å². The summed E-state index contributed by atoms with van der Waals surface area (Å²) in [5, 5.41) is 12.0.